The Hall–Kier alpha value is -3.73. The summed E-state index contributed by atoms with van der Waals surface area (Å²) in [5.41, 5.74) is 3.93. The third kappa shape index (κ3) is 5.25. The second-order valence-corrected chi connectivity index (χ2v) is 8.69. The number of nitrogens with zero attached hydrogens (tertiary/aromatic N) is 3. The molecule has 0 saturated heterocycles. The molecular weight excluding hydrogens is 492 g/mol. The van der Waals surface area contributed by atoms with E-state index >= 15 is 0 Å². The second kappa shape index (κ2) is 9.73. The van der Waals surface area contributed by atoms with Crippen molar-refractivity contribution < 1.29 is 23.4 Å². The fraction of sp³-hybridized carbons (Fsp3) is 0.200. The number of imidazole rings is 1. The quantitative estimate of drug-likeness (QED) is 0.301. The van der Waals surface area contributed by atoms with Crippen LogP contribution in [0.5, 0.6) is 11.5 Å². The number of aryl methyl sites for hydroxylation is 1. The van der Waals surface area contributed by atoms with Crippen molar-refractivity contribution in [3.63, 3.8) is 0 Å². The van der Waals surface area contributed by atoms with E-state index in [-0.39, 0.29) is 24.1 Å². The molecule has 4 aromatic rings. The highest BCUT2D eigenvalue weighted by Crippen LogP contribution is 2.42. The molecule has 0 bridgehead atoms. The normalized spacial score (nSPS) is 14.6. The number of rotatable bonds is 8. The number of hydrogen-bond donors (Lipinski definition) is 3. The highest BCUT2D eigenvalue weighted by atomic mass is 35.5. The van der Waals surface area contributed by atoms with E-state index in [1.165, 1.54) is 12.1 Å². The molecule has 5 rings (SSSR count). The molecule has 0 spiro atoms. The number of nitrogens with one attached hydrogen (secondary N) is 2. The predicted molar refractivity (Wildman–Crippen MR) is 130 cm³/mol. The summed E-state index contributed by atoms with van der Waals surface area (Å²) in [6.07, 6.45) is 1.61. The van der Waals surface area contributed by atoms with Gasteiger partial charge in [0.25, 0.3) is 0 Å². The average Bonchev–Trinajstić information content (AvgIpc) is 3.43. The van der Waals surface area contributed by atoms with Crippen LogP contribution in [0.15, 0.2) is 67.3 Å². The van der Waals surface area contributed by atoms with Crippen molar-refractivity contribution in [2.45, 2.75) is 25.8 Å². The van der Waals surface area contributed by atoms with Crippen molar-refractivity contribution in [3.05, 3.63) is 89.1 Å². The smallest absolute Gasteiger partial charge is 0.395 e. The van der Waals surface area contributed by atoms with E-state index < -0.39 is 6.29 Å². The number of pyridine rings is 1. The number of benzene rings is 2. The molecule has 0 aliphatic carbocycles. The SMILES string of the molecule is Cc1cnc(Nc2ccc3c(c2)OC(F)(F)O3)cc1-n1cnc(CNC(CO)c2cccc(Cl)c2)c1. The average molecular weight is 514 g/mol. The molecule has 1 unspecified atom stereocenters. The Morgan fingerprint density at radius 3 is 2.75 bits per heavy atom. The second-order valence-electron chi connectivity index (χ2n) is 8.25. The first kappa shape index (κ1) is 24.0. The molecule has 0 fully saturated rings. The van der Waals surface area contributed by atoms with E-state index in [0.717, 1.165) is 22.5 Å². The van der Waals surface area contributed by atoms with Crippen molar-refractivity contribution in [3.8, 4) is 17.2 Å². The molecule has 1 aliphatic rings. The molecule has 186 valence electrons. The third-order valence-corrected chi connectivity index (χ3v) is 5.86. The Morgan fingerprint density at radius 1 is 1.11 bits per heavy atom. The zero-order chi connectivity index (χ0) is 25.3. The summed E-state index contributed by atoms with van der Waals surface area (Å²) in [4.78, 5) is 8.85. The summed E-state index contributed by atoms with van der Waals surface area (Å²) in [6.45, 7) is 2.27. The van der Waals surface area contributed by atoms with Crippen LogP contribution < -0.4 is 20.1 Å². The Balaban J connectivity index is 1.29. The topological polar surface area (TPSA) is 93.5 Å². The molecule has 0 radical (unpaired) electrons. The van der Waals surface area contributed by atoms with Gasteiger partial charge in [0.05, 0.1) is 30.4 Å². The number of aliphatic hydroxyl groups excluding tert-OH is 1. The monoisotopic (exact) mass is 513 g/mol. The summed E-state index contributed by atoms with van der Waals surface area (Å²) >= 11 is 6.07. The predicted octanol–water partition coefficient (Wildman–Crippen LogP) is 5.12. The molecule has 2 aromatic carbocycles. The molecule has 11 heteroatoms. The van der Waals surface area contributed by atoms with Crippen LogP contribution in [0.1, 0.15) is 22.9 Å². The summed E-state index contributed by atoms with van der Waals surface area (Å²) in [6, 6.07) is 13.3. The Bertz CT molecular complexity index is 1400. The summed E-state index contributed by atoms with van der Waals surface area (Å²) in [7, 11) is 0. The van der Waals surface area contributed by atoms with E-state index in [4.69, 9.17) is 11.6 Å². The molecule has 3 heterocycles. The van der Waals surface area contributed by atoms with Gasteiger partial charge >= 0.3 is 6.29 Å². The van der Waals surface area contributed by atoms with Crippen molar-refractivity contribution >= 4 is 23.1 Å². The first-order valence-corrected chi connectivity index (χ1v) is 11.4. The van der Waals surface area contributed by atoms with Crippen LogP contribution in [0.2, 0.25) is 5.02 Å². The van der Waals surface area contributed by atoms with Crippen molar-refractivity contribution in [2.75, 3.05) is 11.9 Å². The number of halogens is 3. The third-order valence-electron chi connectivity index (χ3n) is 5.63. The zero-order valence-electron chi connectivity index (χ0n) is 19.1. The molecule has 36 heavy (non-hydrogen) atoms. The fourth-order valence-corrected chi connectivity index (χ4v) is 4.06. The van der Waals surface area contributed by atoms with Gasteiger partial charge in [0.2, 0.25) is 0 Å². The van der Waals surface area contributed by atoms with Crippen LogP contribution >= 0.6 is 11.6 Å². The largest absolute Gasteiger partial charge is 0.586 e. The number of fused-ring (bicyclic) bond motifs is 1. The van der Waals surface area contributed by atoms with Crippen molar-refractivity contribution in [1.82, 2.24) is 19.9 Å². The Morgan fingerprint density at radius 2 is 1.94 bits per heavy atom. The van der Waals surface area contributed by atoms with Crippen molar-refractivity contribution in [2.24, 2.45) is 0 Å². The lowest BCUT2D eigenvalue weighted by Gasteiger charge is -2.16. The molecule has 1 atom stereocenters. The van der Waals surface area contributed by atoms with Gasteiger partial charge in [-0.05, 0) is 42.3 Å². The standard InChI is InChI=1S/C25H22ClF2N5O3/c1-15-10-30-24(32-18-5-6-22-23(8-18)36-25(27,28)35-22)9-21(15)33-12-19(31-14-33)11-29-20(13-34)16-3-2-4-17(26)7-16/h2-10,12,14,20,29,34H,11,13H2,1H3,(H,30,32). The summed E-state index contributed by atoms with van der Waals surface area (Å²) in [5.74, 6) is 0.431. The number of alkyl halides is 2. The molecular formula is C25H22ClF2N5O3. The lowest BCUT2D eigenvalue weighted by molar-refractivity contribution is -0.286. The van der Waals surface area contributed by atoms with Gasteiger partial charge in [-0.15, -0.1) is 8.78 Å². The molecule has 2 aromatic heterocycles. The van der Waals surface area contributed by atoms with Gasteiger partial charge in [-0.25, -0.2) is 9.97 Å². The maximum absolute atomic E-state index is 13.3. The molecule has 0 saturated carbocycles. The number of hydrogen-bond acceptors (Lipinski definition) is 7. The van der Waals surface area contributed by atoms with Crippen LogP contribution in [0, 0.1) is 6.92 Å². The molecule has 0 amide bonds. The van der Waals surface area contributed by atoms with Gasteiger partial charge in [-0.1, -0.05) is 23.7 Å². The number of anilines is 2. The first-order chi connectivity index (χ1) is 17.3. The Labute approximate surface area is 210 Å². The number of aromatic nitrogens is 3. The van der Waals surface area contributed by atoms with Gasteiger partial charge < -0.3 is 29.8 Å². The minimum Gasteiger partial charge on any atom is -0.395 e. The minimum absolute atomic E-state index is 0.0264. The van der Waals surface area contributed by atoms with Gasteiger partial charge in [-0.2, -0.15) is 0 Å². The fourth-order valence-electron chi connectivity index (χ4n) is 3.86. The molecule has 1 aliphatic heterocycles. The van der Waals surface area contributed by atoms with Gasteiger partial charge in [0.1, 0.15) is 5.82 Å². The lowest BCUT2D eigenvalue weighted by atomic mass is 10.1. The van der Waals surface area contributed by atoms with Crippen LogP contribution in [-0.4, -0.2) is 32.5 Å². The lowest BCUT2D eigenvalue weighted by Crippen LogP contribution is -2.25. The maximum atomic E-state index is 13.3. The van der Waals surface area contributed by atoms with Gasteiger partial charge in [0.15, 0.2) is 11.5 Å². The van der Waals surface area contributed by atoms with Gasteiger partial charge in [0, 0.05) is 41.8 Å². The van der Waals surface area contributed by atoms with Crippen LogP contribution in [0.4, 0.5) is 20.3 Å². The number of ether oxygens (including phenoxy) is 2. The van der Waals surface area contributed by atoms with Crippen molar-refractivity contribution in [1.29, 1.82) is 0 Å². The van der Waals surface area contributed by atoms with Gasteiger partial charge in [-0.3, -0.25) is 0 Å². The highest BCUT2D eigenvalue weighted by Gasteiger charge is 2.43. The zero-order valence-corrected chi connectivity index (χ0v) is 19.8. The van der Waals surface area contributed by atoms with E-state index in [1.54, 1.807) is 24.7 Å². The van der Waals surface area contributed by atoms with Crippen LogP contribution in [0.25, 0.3) is 5.69 Å². The van der Waals surface area contributed by atoms with Crippen LogP contribution in [-0.2, 0) is 6.54 Å². The minimum atomic E-state index is -3.67. The number of aliphatic hydroxyl groups is 1. The van der Waals surface area contributed by atoms with E-state index in [0.29, 0.717) is 23.1 Å². The highest BCUT2D eigenvalue weighted by molar-refractivity contribution is 6.30. The summed E-state index contributed by atoms with van der Waals surface area (Å²) < 4.78 is 37.4. The van der Waals surface area contributed by atoms with E-state index in [1.807, 2.05) is 42.0 Å². The first-order valence-electron chi connectivity index (χ1n) is 11.1. The van der Waals surface area contributed by atoms with E-state index in [2.05, 4.69) is 30.1 Å². The van der Waals surface area contributed by atoms with E-state index in [9.17, 15) is 13.9 Å². The Kier molecular flexibility index (Phi) is 6.48. The summed E-state index contributed by atoms with van der Waals surface area (Å²) in [5, 5.41) is 16.8. The molecule has 8 nitrogen and oxygen atoms in total. The van der Waals surface area contributed by atoms with Crippen LogP contribution in [0.3, 0.4) is 0 Å². The molecule has 3 N–H and O–H groups in total. The maximum Gasteiger partial charge on any atom is 0.586 e.